The Morgan fingerprint density at radius 1 is 1.26 bits per heavy atom. The minimum absolute atomic E-state index is 0.0407. The molecule has 0 saturated carbocycles. The molecule has 1 heterocycles. The molecule has 8 nitrogen and oxygen atoms in total. The molecule has 1 atom stereocenters. The highest BCUT2D eigenvalue weighted by atomic mass is 16.6. The lowest BCUT2D eigenvalue weighted by atomic mass is 10.2. The van der Waals surface area contributed by atoms with Crippen molar-refractivity contribution in [3.8, 4) is 5.75 Å². The number of hydrogen-bond acceptors (Lipinski definition) is 6. The molecule has 2 aromatic carbocycles. The highest BCUT2D eigenvalue weighted by Gasteiger charge is 2.33. The number of anilines is 1. The fourth-order valence-corrected chi connectivity index (χ4v) is 2.69. The molecular formula is C19H19N3O5. The van der Waals surface area contributed by atoms with E-state index in [1.807, 2.05) is 0 Å². The lowest BCUT2D eigenvalue weighted by Crippen LogP contribution is -2.26. The van der Waals surface area contributed by atoms with Gasteiger partial charge in [0.1, 0.15) is 23.8 Å². The number of rotatable bonds is 6. The van der Waals surface area contributed by atoms with E-state index in [0.29, 0.717) is 29.1 Å². The van der Waals surface area contributed by atoms with E-state index < -0.39 is 18.2 Å². The fraction of sp³-hybridized carbons (Fsp3) is 0.211. The van der Waals surface area contributed by atoms with Gasteiger partial charge in [-0.3, -0.25) is 10.3 Å². The summed E-state index contributed by atoms with van der Waals surface area (Å²) in [4.78, 5) is 25.4. The summed E-state index contributed by atoms with van der Waals surface area (Å²) in [6.45, 7) is 0.403. The molecule has 8 heteroatoms. The third-order valence-electron chi connectivity index (χ3n) is 4.08. The van der Waals surface area contributed by atoms with Gasteiger partial charge in [0.15, 0.2) is 6.10 Å². The molecule has 1 aliphatic heterocycles. The van der Waals surface area contributed by atoms with Crippen LogP contribution in [0.15, 0.2) is 48.5 Å². The van der Waals surface area contributed by atoms with Crippen LogP contribution in [0.5, 0.6) is 5.75 Å². The highest BCUT2D eigenvalue weighted by Crippen LogP contribution is 2.24. The Kier molecular flexibility index (Phi) is 5.25. The average Bonchev–Trinajstić information content (AvgIpc) is 3.06. The lowest BCUT2D eigenvalue weighted by molar-refractivity contribution is 0.0590. The van der Waals surface area contributed by atoms with Crippen LogP contribution < -0.4 is 15.4 Å². The summed E-state index contributed by atoms with van der Waals surface area (Å²) < 4.78 is 15.7. The summed E-state index contributed by atoms with van der Waals surface area (Å²) in [5.41, 5.74) is 6.96. The van der Waals surface area contributed by atoms with Crippen LogP contribution >= 0.6 is 0 Å². The second kappa shape index (κ2) is 7.77. The van der Waals surface area contributed by atoms with Gasteiger partial charge in [0.25, 0.3) is 0 Å². The fourth-order valence-electron chi connectivity index (χ4n) is 2.69. The summed E-state index contributed by atoms with van der Waals surface area (Å²) in [6.07, 6.45) is -0.976. The predicted molar refractivity (Wildman–Crippen MR) is 98.3 cm³/mol. The van der Waals surface area contributed by atoms with E-state index in [1.54, 1.807) is 48.5 Å². The average molecular weight is 369 g/mol. The SMILES string of the molecule is COC(=O)c1ccccc1OCC1CN(c2ccc(C(=N)N)cc2)C(=O)O1. The number of benzene rings is 2. The molecule has 1 unspecified atom stereocenters. The maximum Gasteiger partial charge on any atom is 0.414 e. The number of amides is 1. The first-order valence-electron chi connectivity index (χ1n) is 8.22. The normalized spacial score (nSPS) is 16.0. The Hall–Kier alpha value is -3.55. The van der Waals surface area contributed by atoms with Crippen LogP contribution in [-0.2, 0) is 9.47 Å². The number of nitrogens with zero attached hydrogens (tertiary/aromatic N) is 1. The highest BCUT2D eigenvalue weighted by molar-refractivity contribution is 5.96. The maximum absolute atomic E-state index is 12.1. The van der Waals surface area contributed by atoms with Crippen LogP contribution in [0.1, 0.15) is 15.9 Å². The molecule has 0 spiro atoms. The molecule has 3 rings (SSSR count). The molecule has 140 valence electrons. The molecule has 1 aliphatic rings. The van der Waals surface area contributed by atoms with Crippen LogP contribution in [0.4, 0.5) is 10.5 Å². The van der Waals surface area contributed by atoms with Crippen molar-refractivity contribution in [1.29, 1.82) is 5.41 Å². The molecule has 27 heavy (non-hydrogen) atoms. The third-order valence-corrected chi connectivity index (χ3v) is 4.08. The second-order valence-electron chi connectivity index (χ2n) is 5.88. The summed E-state index contributed by atoms with van der Waals surface area (Å²) in [7, 11) is 1.30. The van der Waals surface area contributed by atoms with E-state index in [0.717, 1.165) is 0 Å². The lowest BCUT2D eigenvalue weighted by Gasteiger charge is -2.14. The first kappa shape index (κ1) is 18.2. The van der Waals surface area contributed by atoms with E-state index in [2.05, 4.69) is 0 Å². The van der Waals surface area contributed by atoms with Gasteiger partial charge in [-0.15, -0.1) is 0 Å². The molecule has 0 aromatic heterocycles. The molecule has 1 amide bonds. The molecule has 1 saturated heterocycles. The first-order valence-corrected chi connectivity index (χ1v) is 8.22. The van der Waals surface area contributed by atoms with Crippen molar-refractivity contribution < 1.29 is 23.8 Å². The minimum atomic E-state index is -0.499. The van der Waals surface area contributed by atoms with Crippen LogP contribution in [-0.4, -0.2) is 44.3 Å². The Morgan fingerprint density at radius 3 is 2.63 bits per heavy atom. The quantitative estimate of drug-likeness (QED) is 0.458. The van der Waals surface area contributed by atoms with E-state index in [9.17, 15) is 9.59 Å². The number of nitrogens with one attached hydrogen (secondary N) is 1. The summed E-state index contributed by atoms with van der Waals surface area (Å²) in [5.74, 6) is -0.174. The van der Waals surface area contributed by atoms with Crippen molar-refractivity contribution in [2.24, 2.45) is 5.73 Å². The Balaban J connectivity index is 1.65. The number of nitrogen functional groups attached to an aromatic ring is 1. The molecular weight excluding hydrogens is 350 g/mol. The number of amidine groups is 1. The van der Waals surface area contributed by atoms with E-state index >= 15 is 0 Å². The van der Waals surface area contributed by atoms with Gasteiger partial charge in [0.2, 0.25) is 0 Å². The predicted octanol–water partition coefficient (Wildman–Crippen LogP) is 2.16. The van der Waals surface area contributed by atoms with Gasteiger partial charge >= 0.3 is 12.1 Å². The number of ether oxygens (including phenoxy) is 3. The largest absolute Gasteiger partial charge is 0.489 e. The van der Waals surface area contributed by atoms with Crippen LogP contribution in [0, 0.1) is 5.41 Å². The minimum Gasteiger partial charge on any atom is -0.489 e. The van der Waals surface area contributed by atoms with Crippen LogP contribution in [0.25, 0.3) is 0 Å². The van der Waals surface area contributed by atoms with Gasteiger partial charge in [0.05, 0.1) is 13.7 Å². The number of hydrogen-bond donors (Lipinski definition) is 2. The smallest absolute Gasteiger partial charge is 0.414 e. The zero-order valence-corrected chi connectivity index (χ0v) is 14.7. The van der Waals surface area contributed by atoms with Crippen LogP contribution in [0.3, 0.4) is 0 Å². The van der Waals surface area contributed by atoms with E-state index in [4.69, 9.17) is 25.4 Å². The van der Waals surface area contributed by atoms with Gasteiger partial charge in [-0.25, -0.2) is 9.59 Å². The number of methoxy groups -OCH3 is 1. The molecule has 0 bridgehead atoms. The number of cyclic esters (lactones) is 1. The van der Waals surface area contributed by atoms with Gasteiger partial charge in [-0.2, -0.15) is 0 Å². The Labute approximate surface area is 155 Å². The van der Waals surface area contributed by atoms with Crippen molar-refractivity contribution >= 4 is 23.6 Å². The number of esters is 1. The monoisotopic (exact) mass is 369 g/mol. The summed E-state index contributed by atoms with van der Waals surface area (Å²) in [5, 5.41) is 7.41. The first-order chi connectivity index (χ1) is 13.0. The van der Waals surface area contributed by atoms with Gasteiger partial charge in [-0.1, -0.05) is 12.1 Å². The number of carbonyl (C=O) groups excluding carboxylic acids is 2. The Morgan fingerprint density at radius 2 is 1.96 bits per heavy atom. The number of para-hydroxylation sites is 1. The van der Waals surface area contributed by atoms with Gasteiger partial charge in [-0.05, 0) is 36.4 Å². The second-order valence-corrected chi connectivity index (χ2v) is 5.88. The zero-order chi connectivity index (χ0) is 19.4. The van der Waals surface area contributed by atoms with Gasteiger partial charge < -0.3 is 19.9 Å². The van der Waals surface area contributed by atoms with Crippen LogP contribution in [0.2, 0.25) is 0 Å². The topological polar surface area (TPSA) is 115 Å². The third kappa shape index (κ3) is 4.00. The van der Waals surface area contributed by atoms with Crippen molar-refractivity contribution in [2.45, 2.75) is 6.10 Å². The van der Waals surface area contributed by atoms with Crippen molar-refractivity contribution in [3.05, 3.63) is 59.7 Å². The van der Waals surface area contributed by atoms with Crippen molar-refractivity contribution in [3.63, 3.8) is 0 Å². The molecule has 0 radical (unpaired) electrons. The van der Waals surface area contributed by atoms with Crippen molar-refractivity contribution in [1.82, 2.24) is 0 Å². The number of carbonyl (C=O) groups is 2. The molecule has 1 fully saturated rings. The molecule has 3 N–H and O–H groups in total. The standard InChI is InChI=1S/C19H19N3O5/c1-25-18(23)15-4-2-3-5-16(15)26-11-14-10-22(19(24)27-14)13-8-6-12(7-9-13)17(20)21/h2-9,14H,10-11H2,1H3,(H3,20,21). The van der Waals surface area contributed by atoms with E-state index in [-0.39, 0.29) is 12.4 Å². The number of nitrogens with two attached hydrogens (primary N) is 1. The molecule has 0 aliphatic carbocycles. The Bertz CT molecular complexity index is 866. The summed E-state index contributed by atoms with van der Waals surface area (Å²) in [6, 6.07) is 13.4. The van der Waals surface area contributed by atoms with Gasteiger partial charge in [0, 0.05) is 11.3 Å². The maximum atomic E-state index is 12.1. The van der Waals surface area contributed by atoms with E-state index in [1.165, 1.54) is 12.0 Å². The molecule has 2 aromatic rings. The van der Waals surface area contributed by atoms with Crippen molar-refractivity contribution in [2.75, 3.05) is 25.2 Å². The zero-order valence-electron chi connectivity index (χ0n) is 14.7. The summed E-state index contributed by atoms with van der Waals surface area (Å²) >= 11 is 0.